The van der Waals surface area contributed by atoms with Crippen molar-refractivity contribution in [1.82, 2.24) is 10.2 Å². The van der Waals surface area contributed by atoms with Crippen LogP contribution in [0.15, 0.2) is 36.4 Å². The van der Waals surface area contributed by atoms with Gasteiger partial charge in [-0.2, -0.15) is 0 Å². The zero-order valence-electron chi connectivity index (χ0n) is 22.0. The molecular weight excluding hydrogens is 537 g/mol. The molecule has 0 heterocycles. The van der Waals surface area contributed by atoms with Gasteiger partial charge in [0, 0.05) is 12.6 Å². The van der Waals surface area contributed by atoms with E-state index < -0.39 is 28.5 Å². The summed E-state index contributed by atoms with van der Waals surface area (Å²) in [5.74, 6) is -0.558. The van der Waals surface area contributed by atoms with Crippen LogP contribution in [-0.4, -0.2) is 57.1 Å². The predicted molar refractivity (Wildman–Crippen MR) is 149 cm³/mol. The molecule has 0 saturated heterocycles. The van der Waals surface area contributed by atoms with E-state index in [0.29, 0.717) is 27.8 Å². The molecule has 0 fully saturated rings. The summed E-state index contributed by atoms with van der Waals surface area (Å²) in [6, 6.07) is 9.10. The van der Waals surface area contributed by atoms with Crippen LogP contribution in [0.1, 0.15) is 44.7 Å². The first-order valence-corrected chi connectivity index (χ1v) is 14.6. The minimum atomic E-state index is -3.89. The Hall–Kier alpha value is -2.49. The fourth-order valence-corrected chi connectivity index (χ4v) is 4.95. The van der Waals surface area contributed by atoms with Crippen molar-refractivity contribution in [2.75, 3.05) is 24.2 Å². The van der Waals surface area contributed by atoms with Gasteiger partial charge in [-0.3, -0.25) is 13.9 Å². The molecule has 37 heavy (non-hydrogen) atoms. The molecule has 11 heteroatoms. The average Bonchev–Trinajstić information content (AvgIpc) is 2.83. The molecule has 0 aliphatic carbocycles. The van der Waals surface area contributed by atoms with E-state index in [1.807, 2.05) is 20.8 Å². The van der Waals surface area contributed by atoms with Gasteiger partial charge < -0.3 is 15.0 Å². The Bertz CT molecular complexity index is 1220. The number of halogens is 2. The van der Waals surface area contributed by atoms with Crippen LogP contribution >= 0.6 is 23.2 Å². The van der Waals surface area contributed by atoms with Crippen LogP contribution in [0.4, 0.5) is 5.69 Å². The third-order valence-corrected chi connectivity index (χ3v) is 7.87. The zero-order chi connectivity index (χ0) is 27.9. The first kappa shape index (κ1) is 30.7. The van der Waals surface area contributed by atoms with Crippen LogP contribution in [0.2, 0.25) is 10.0 Å². The van der Waals surface area contributed by atoms with Crippen LogP contribution < -0.4 is 14.4 Å². The summed E-state index contributed by atoms with van der Waals surface area (Å²) < 4.78 is 32.1. The highest BCUT2D eigenvalue weighted by atomic mass is 35.5. The van der Waals surface area contributed by atoms with E-state index in [4.69, 9.17) is 27.9 Å². The number of nitrogens with one attached hydrogen (secondary N) is 1. The summed E-state index contributed by atoms with van der Waals surface area (Å²) in [6.45, 7) is 6.95. The lowest BCUT2D eigenvalue weighted by Gasteiger charge is -2.33. The Balaban J connectivity index is 2.53. The number of methoxy groups -OCH3 is 1. The molecule has 0 spiro atoms. The SMILES string of the molecule is CCC(C)NC(=O)C(CC)N(Cc1ccc(Cl)c(Cl)c1)C(=O)CN(c1cc(C)ccc1OC)S(C)(=O)=O. The van der Waals surface area contributed by atoms with Gasteiger partial charge in [-0.05, 0) is 62.1 Å². The molecular formula is C26H35Cl2N3O5S. The van der Waals surface area contributed by atoms with Crippen LogP contribution in [0.25, 0.3) is 0 Å². The summed E-state index contributed by atoms with van der Waals surface area (Å²) in [5, 5.41) is 3.60. The molecule has 2 aromatic carbocycles. The van der Waals surface area contributed by atoms with Crippen LogP contribution in [0.5, 0.6) is 5.75 Å². The Morgan fingerprint density at radius 2 is 1.73 bits per heavy atom. The third-order valence-electron chi connectivity index (χ3n) is 6.01. The monoisotopic (exact) mass is 571 g/mol. The van der Waals surface area contributed by atoms with Gasteiger partial charge in [0.05, 0.1) is 29.1 Å². The molecule has 0 bridgehead atoms. The molecule has 204 valence electrons. The zero-order valence-corrected chi connectivity index (χ0v) is 24.4. The topological polar surface area (TPSA) is 96.0 Å². The third kappa shape index (κ3) is 8.25. The summed E-state index contributed by atoms with van der Waals surface area (Å²) in [7, 11) is -2.46. The largest absolute Gasteiger partial charge is 0.495 e. The van der Waals surface area contributed by atoms with Gasteiger partial charge in [0.1, 0.15) is 18.3 Å². The van der Waals surface area contributed by atoms with E-state index in [-0.39, 0.29) is 24.2 Å². The van der Waals surface area contributed by atoms with E-state index in [9.17, 15) is 18.0 Å². The van der Waals surface area contributed by atoms with Gasteiger partial charge in [-0.1, -0.05) is 49.2 Å². The van der Waals surface area contributed by atoms with Gasteiger partial charge >= 0.3 is 0 Å². The Morgan fingerprint density at radius 1 is 1.05 bits per heavy atom. The molecule has 2 amide bonds. The molecule has 0 aromatic heterocycles. The lowest BCUT2D eigenvalue weighted by atomic mass is 10.1. The van der Waals surface area contributed by atoms with Gasteiger partial charge in [-0.25, -0.2) is 8.42 Å². The van der Waals surface area contributed by atoms with Crippen molar-refractivity contribution in [2.45, 2.75) is 59.2 Å². The molecule has 1 N–H and O–H groups in total. The number of ether oxygens (including phenoxy) is 1. The summed E-state index contributed by atoms with van der Waals surface area (Å²) >= 11 is 12.3. The normalized spacial score (nSPS) is 13.0. The first-order chi connectivity index (χ1) is 17.3. The maximum absolute atomic E-state index is 13.8. The first-order valence-electron chi connectivity index (χ1n) is 12.0. The molecule has 0 saturated carbocycles. The molecule has 2 aromatic rings. The maximum Gasteiger partial charge on any atom is 0.244 e. The highest BCUT2D eigenvalue weighted by molar-refractivity contribution is 7.92. The summed E-state index contributed by atoms with van der Waals surface area (Å²) in [5.41, 5.74) is 1.69. The smallest absolute Gasteiger partial charge is 0.244 e. The number of anilines is 1. The minimum absolute atomic E-state index is 0.0324. The van der Waals surface area contributed by atoms with Crippen LogP contribution in [0.3, 0.4) is 0 Å². The van der Waals surface area contributed by atoms with Crippen molar-refractivity contribution in [3.05, 3.63) is 57.6 Å². The molecule has 0 aliphatic rings. The highest BCUT2D eigenvalue weighted by Gasteiger charge is 2.33. The van der Waals surface area contributed by atoms with Crippen molar-refractivity contribution in [2.24, 2.45) is 0 Å². The fourth-order valence-electron chi connectivity index (χ4n) is 3.78. The Morgan fingerprint density at radius 3 is 2.27 bits per heavy atom. The standard InChI is InChI=1S/C26H35Cl2N3O5S/c1-7-18(4)29-26(33)22(8-2)30(15-19-10-11-20(27)21(28)14-19)25(32)16-31(37(6,34)35)23-13-17(3)9-12-24(23)36-5/h9-14,18,22H,7-8,15-16H2,1-6H3,(H,29,33). The number of aryl methyl sites for hydroxylation is 1. The van der Waals surface area contributed by atoms with E-state index in [2.05, 4.69) is 5.32 Å². The van der Waals surface area contributed by atoms with E-state index in [0.717, 1.165) is 22.5 Å². The van der Waals surface area contributed by atoms with E-state index in [1.54, 1.807) is 43.3 Å². The summed E-state index contributed by atoms with van der Waals surface area (Å²) in [6.07, 6.45) is 2.07. The van der Waals surface area contributed by atoms with Gasteiger partial charge in [0.2, 0.25) is 21.8 Å². The lowest BCUT2D eigenvalue weighted by molar-refractivity contribution is -0.140. The van der Waals surface area contributed by atoms with Crippen molar-refractivity contribution >= 4 is 50.7 Å². The predicted octanol–water partition coefficient (Wildman–Crippen LogP) is 4.80. The fraction of sp³-hybridized carbons (Fsp3) is 0.462. The molecule has 2 rings (SSSR count). The number of sulfonamides is 1. The number of hydrogen-bond acceptors (Lipinski definition) is 5. The average molecular weight is 573 g/mol. The van der Waals surface area contributed by atoms with Crippen molar-refractivity contribution < 1.29 is 22.7 Å². The lowest BCUT2D eigenvalue weighted by Crippen LogP contribution is -2.53. The van der Waals surface area contributed by atoms with Gasteiger partial charge in [-0.15, -0.1) is 0 Å². The molecule has 8 nitrogen and oxygen atoms in total. The molecule has 2 unspecified atom stereocenters. The number of amides is 2. The van der Waals surface area contributed by atoms with E-state index in [1.165, 1.54) is 12.0 Å². The van der Waals surface area contributed by atoms with Crippen molar-refractivity contribution in [3.63, 3.8) is 0 Å². The van der Waals surface area contributed by atoms with Crippen LogP contribution in [-0.2, 0) is 26.2 Å². The highest BCUT2D eigenvalue weighted by Crippen LogP contribution is 2.31. The minimum Gasteiger partial charge on any atom is -0.495 e. The van der Waals surface area contributed by atoms with E-state index >= 15 is 0 Å². The van der Waals surface area contributed by atoms with Crippen LogP contribution in [0, 0.1) is 6.92 Å². The van der Waals surface area contributed by atoms with Gasteiger partial charge in [0.15, 0.2) is 0 Å². The quantitative estimate of drug-likeness (QED) is 0.394. The van der Waals surface area contributed by atoms with Gasteiger partial charge in [0.25, 0.3) is 0 Å². The Labute approximate surface area is 229 Å². The second-order valence-electron chi connectivity index (χ2n) is 8.96. The van der Waals surface area contributed by atoms with Crippen molar-refractivity contribution in [3.8, 4) is 5.75 Å². The maximum atomic E-state index is 13.8. The number of hydrogen-bond donors (Lipinski definition) is 1. The molecule has 0 radical (unpaired) electrons. The number of nitrogens with zero attached hydrogens (tertiary/aromatic N) is 2. The number of carbonyl (C=O) groups excluding carboxylic acids is 2. The number of benzene rings is 2. The summed E-state index contributed by atoms with van der Waals surface area (Å²) in [4.78, 5) is 28.4. The number of rotatable bonds is 12. The Kier molecular flexibility index (Phi) is 11.1. The molecule has 0 aliphatic heterocycles. The van der Waals surface area contributed by atoms with Crippen molar-refractivity contribution in [1.29, 1.82) is 0 Å². The number of carbonyl (C=O) groups is 2. The second-order valence-corrected chi connectivity index (χ2v) is 11.7. The molecule has 2 atom stereocenters. The second kappa shape index (κ2) is 13.3.